The van der Waals surface area contributed by atoms with E-state index in [2.05, 4.69) is 79.9 Å². The Morgan fingerprint density at radius 3 is 2.26 bits per heavy atom. The first-order valence-electron chi connectivity index (χ1n) is 12.8. The number of Topliss-reactive ketones (excluding diaryl/α,β-unsaturated/α-hetero) is 1. The number of carbonyl (C=O) groups excluding carboxylic acids is 1. The second-order valence-corrected chi connectivity index (χ2v) is 9.67. The quantitative estimate of drug-likeness (QED) is 0.397. The van der Waals surface area contributed by atoms with E-state index in [4.69, 9.17) is 4.74 Å². The third kappa shape index (κ3) is 4.84. The smallest absolute Gasteiger partial charge is 0.163 e. The molecule has 0 radical (unpaired) electrons. The first-order valence-corrected chi connectivity index (χ1v) is 12.8. The predicted molar refractivity (Wildman–Crippen MR) is 143 cm³/mol. The van der Waals surface area contributed by atoms with Crippen molar-refractivity contribution in [2.75, 3.05) is 10.6 Å². The Balaban J connectivity index is 1.51. The molecule has 1 aliphatic carbocycles. The van der Waals surface area contributed by atoms with Crippen LogP contribution in [0.4, 0.5) is 11.4 Å². The van der Waals surface area contributed by atoms with Crippen molar-refractivity contribution in [2.24, 2.45) is 0 Å². The summed E-state index contributed by atoms with van der Waals surface area (Å²) in [5, 5.41) is 7.29. The molecule has 5 rings (SSSR count). The number of nitrogens with one attached hydrogen (secondary N) is 2. The van der Waals surface area contributed by atoms with Crippen LogP contribution in [0.3, 0.4) is 0 Å². The highest BCUT2D eigenvalue weighted by molar-refractivity contribution is 6.01. The fraction of sp³-hybridized carbons (Fsp3) is 0.323. The van der Waals surface area contributed by atoms with Crippen molar-refractivity contribution in [3.05, 3.63) is 101 Å². The highest BCUT2D eigenvalue weighted by Crippen LogP contribution is 2.44. The average Bonchev–Trinajstić information content (AvgIpc) is 3.06. The first-order chi connectivity index (χ1) is 17.1. The third-order valence-electron chi connectivity index (χ3n) is 7.29. The van der Waals surface area contributed by atoms with Crippen molar-refractivity contribution in [1.29, 1.82) is 0 Å². The molecule has 0 fully saturated rings. The molecule has 4 heteroatoms. The summed E-state index contributed by atoms with van der Waals surface area (Å²) in [4.78, 5) is 13.7. The maximum absolute atomic E-state index is 13.7. The van der Waals surface area contributed by atoms with E-state index in [9.17, 15) is 4.79 Å². The van der Waals surface area contributed by atoms with Crippen LogP contribution in [0.2, 0.25) is 0 Å². The van der Waals surface area contributed by atoms with Crippen LogP contribution in [0.5, 0.6) is 5.75 Å². The average molecular weight is 467 g/mol. The number of fused-ring (bicyclic) bond motifs is 1. The van der Waals surface area contributed by atoms with Crippen LogP contribution in [0.15, 0.2) is 84.1 Å². The third-order valence-corrected chi connectivity index (χ3v) is 7.29. The number of ether oxygens (including phenoxy) is 1. The second kappa shape index (κ2) is 9.99. The number of rotatable bonds is 6. The van der Waals surface area contributed by atoms with Crippen LogP contribution < -0.4 is 15.4 Å². The van der Waals surface area contributed by atoms with Gasteiger partial charge >= 0.3 is 0 Å². The Morgan fingerprint density at radius 2 is 1.57 bits per heavy atom. The largest absolute Gasteiger partial charge is 0.491 e. The second-order valence-electron chi connectivity index (χ2n) is 9.67. The molecule has 0 saturated carbocycles. The Morgan fingerprint density at radius 1 is 0.886 bits per heavy atom. The van der Waals surface area contributed by atoms with Crippen molar-refractivity contribution in [1.82, 2.24) is 0 Å². The zero-order chi connectivity index (χ0) is 24.4. The summed E-state index contributed by atoms with van der Waals surface area (Å²) in [6, 6.07) is 24.9. The molecule has 0 bridgehead atoms. The summed E-state index contributed by atoms with van der Waals surface area (Å²) in [5.41, 5.74) is 7.50. The number of aryl methyl sites for hydroxylation is 1. The number of carbonyl (C=O) groups is 1. The van der Waals surface area contributed by atoms with Gasteiger partial charge in [-0.05, 0) is 73.1 Å². The number of anilines is 2. The van der Waals surface area contributed by atoms with E-state index < -0.39 is 0 Å². The highest BCUT2D eigenvalue weighted by Gasteiger charge is 2.36. The lowest BCUT2D eigenvalue weighted by Crippen LogP contribution is -2.26. The van der Waals surface area contributed by atoms with E-state index in [0.717, 1.165) is 53.2 Å². The van der Waals surface area contributed by atoms with E-state index in [1.165, 1.54) is 11.1 Å². The van der Waals surface area contributed by atoms with Gasteiger partial charge in [0.15, 0.2) is 5.78 Å². The maximum atomic E-state index is 13.7. The lowest BCUT2D eigenvalue weighted by Gasteiger charge is -2.30. The molecule has 4 nitrogen and oxygen atoms in total. The number of hydrogen-bond acceptors (Lipinski definition) is 4. The van der Waals surface area contributed by atoms with Gasteiger partial charge in [0, 0.05) is 17.7 Å². The van der Waals surface area contributed by atoms with Crippen molar-refractivity contribution in [3.8, 4) is 5.75 Å². The molecule has 3 unspecified atom stereocenters. The van der Waals surface area contributed by atoms with Gasteiger partial charge in [0.2, 0.25) is 0 Å². The van der Waals surface area contributed by atoms with Crippen LogP contribution in [0, 0.1) is 0 Å². The predicted octanol–water partition coefficient (Wildman–Crippen LogP) is 7.41. The number of para-hydroxylation sites is 2. The van der Waals surface area contributed by atoms with Crippen LogP contribution >= 0.6 is 0 Å². The lowest BCUT2D eigenvalue weighted by molar-refractivity contribution is -0.116. The van der Waals surface area contributed by atoms with Gasteiger partial charge in [0.25, 0.3) is 0 Å². The van der Waals surface area contributed by atoms with E-state index in [1.807, 2.05) is 24.3 Å². The molecule has 2 N–H and O–H groups in total. The van der Waals surface area contributed by atoms with Crippen molar-refractivity contribution in [3.63, 3.8) is 0 Å². The summed E-state index contributed by atoms with van der Waals surface area (Å²) >= 11 is 0. The molecule has 3 atom stereocenters. The number of ketones is 1. The minimum absolute atomic E-state index is 0.172. The van der Waals surface area contributed by atoms with E-state index in [0.29, 0.717) is 6.42 Å². The minimum Gasteiger partial charge on any atom is -0.491 e. The molecular weight excluding hydrogens is 432 g/mol. The zero-order valence-electron chi connectivity index (χ0n) is 20.8. The van der Waals surface area contributed by atoms with Gasteiger partial charge in [0.05, 0.1) is 23.5 Å². The lowest BCUT2D eigenvalue weighted by atomic mass is 9.78. The number of hydrogen-bond donors (Lipinski definition) is 2. The minimum atomic E-state index is -0.213. The SMILES string of the molecule is CCc1ccc(C2CC(=O)C3=C(C2)Nc2ccccc2NC3c2ccc(OC(C)CC)cc2)cc1. The van der Waals surface area contributed by atoms with Gasteiger partial charge < -0.3 is 15.4 Å². The Hall–Kier alpha value is -3.53. The maximum Gasteiger partial charge on any atom is 0.163 e. The van der Waals surface area contributed by atoms with Crippen molar-refractivity contribution >= 4 is 17.2 Å². The van der Waals surface area contributed by atoms with Crippen LogP contribution in [-0.2, 0) is 11.2 Å². The van der Waals surface area contributed by atoms with Crippen LogP contribution in [0.1, 0.15) is 68.7 Å². The molecule has 3 aromatic rings. The molecule has 1 aliphatic heterocycles. The van der Waals surface area contributed by atoms with E-state index in [-0.39, 0.29) is 23.8 Å². The first kappa shape index (κ1) is 23.2. The molecule has 3 aromatic carbocycles. The molecule has 0 amide bonds. The summed E-state index contributed by atoms with van der Waals surface area (Å²) < 4.78 is 5.98. The van der Waals surface area contributed by atoms with Gasteiger partial charge in [-0.25, -0.2) is 0 Å². The molecule has 1 heterocycles. The summed E-state index contributed by atoms with van der Waals surface area (Å²) in [7, 11) is 0. The van der Waals surface area contributed by atoms with Gasteiger partial charge in [-0.1, -0.05) is 62.4 Å². The molecule has 0 spiro atoms. The Labute approximate surface area is 208 Å². The Kier molecular flexibility index (Phi) is 6.63. The summed E-state index contributed by atoms with van der Waals surface area (Å²) in [6.07, 6.45) is 3.49. The molecule has 0 aromatic heterocycles. The Bertz CT molecular complexity index is 1230. The fourth-order valence-corrected chi connectivity index (χ4v) is 5.06. The molecule has 2 aliphatic rings. The van der Waals surface area contributed by atoms with Gasteiger partial charge in [-0.3, -0.25) is 4.79 Å². The van der Waals surface area contributed by atoms with E-state index >= 15 is 0 Å². The van der Waals surface area contributed by atoms with Gasteiger partial charge in [-0.2, -0.15) is 0 Å². The number of allylic oxidation sites excluding steroid dienone is 1. The van der Waals surface area contributed by atoms with E-state index in [1.54, 1.807) is 0 Å². The topological polar surface area (TPSA) is 50.4 Å². The standard InChI is InChI=1S/C31H34N2O2/c1-4-20(3)35-25-16-14-23(15-17-25)31-30-28(32-26-8-6-7-9-27(26)33-31)18-24(19-29(30)34)22-12-10-21(5-2)11-13-22/h6-17,20,24,31-33H,4-5,18-19H2,1-3H3. The summed E-state index contributed by atoms with van der Waals surface area (Å²) in [6.45, 7) is 6.36. The zero-order valence-corrected chi connectivity index (χ0v) is 20.8. The monoisotopic (exact) mass is 466 g/mol. The van der Waals surface area contributed by atoms with Crippen LogP contribution in [-0.4, -0.2) is 11.9 Å². The summed E-state index contributed by atoms with van der Waals surface area (Å²) in [5.74, 6) is 1.24. The number of benzene rings is 3. The molecule has 180 valence electrons. The molecule has 35 heavy (non-hydrogen) atoms. The normalized spacial score (nSPS) is 20.1. The highest BCUT2D eigenvalue weighted by atomic mass is 16.5. The van der Waals surface area contributed by atoms with Crippen molar-refractivity contribution < 1.29 is 9.53 Å². The molecule has 0 saturated heterocycles. The van der Waals surface area contributed by atoms with Crippen LogP contribution in [0.25, 0.3) is 0 Å². The van der Waals surface area contributed by atoms with Gasteiger partial charge in [0.1, 0.15) is 5.75 Å². The van der Waals surface area contributed by atoms with Crippen molar-refractivity contribution in [2.45, 2.75) is 64.5 Å². The van der Waals surface area contributed by atoms with Gasteiger partial charge in [-0.15, -0.1) is 0 Å². The fourth-order valence-electron chi connectivity index (χ4n) is 5.06. The molecular formula is C31H34N2O2.